The van der Waals surface area contributed by atoms with Gasteiger partial charge in [-0.25, -0.2) is 4.68 Å². The molecule has 0 aromatic carbocycles. The van der Waals surface area contributed by atoms with Gasteiger partial charge < -0.3 is 0 Å². The van der Waals surface area contributed by atoms with E-state index in [4.69, 9.17) is 0 Å². The molecule has 0 atom stereocenters. The molecule has 0 unspecified atom stereocenters. The van der Waals surface area contributed by atoms with Crippen LogP contribution in [0.3, 0.4) is 0 Å². The van der Waals surface area contributed by atoms with Crippen LogP contribution in [-0.2, 0) is 6.54 Å². The lowest BCUT2D eigenvalue weighted by Crippen LogP contribution is -2.08. The van der Waals surface area contributed by atoms with Crippen molar-refractivity contribution in [2.45, 2.75) is 20.4 Å². The summed E-state index contributed by atoms with van der Waals surface area (Å²) in [5.74, 6) is 0.359. The highest BCUT2D eigenvalue weighted by molar-refractivity contribution is 4.54. The normalized spacial score (nSPS) is 10.8. The molecule has 0 N–H and O–H groups in total. The first-order chi connectivity index (χ1) is 4.70. The van der Waals surface area contributed by atoms with Crippen LogP contribution in [0.15, 0.2) is 0 Å². The quantitative estimate of drug-likeness (QED) is 0.606. The molecule has 1 aromatic heterocycles. The van der Waals surface area contributed by atoms with E-state index in [1.807, 2.05) is 13.8 Å². The van der Waals surface area contributed by atoms with Crippen LogP contribution in [0.25, 0.3) is 0 Å². The zero-order valence-electron chi connectivity index (χ0n) is 5.95. The van der Waals surface area contributed by atoms with Crippen molar-refractivity contribution >= 4 is 0 Å². The van der Waals surface area contributed by atoms with E-state index in [0.717, 1.165) is 4.68 Å². The highest BCUT2D eigenvalue weighted by atomic mass is 19.1. The highest BCUT2D eigenvalue weighted by Crippen LogP contribution is 1.97. The number of hydrogen-bond acceptors (Lipinski definition) is 3. The Balaban J connectivity index is 2.65. The van der Waals surface area contributed by atoms with Gasteiger partial charge in [-0.1, -0.05) is 18.9 Å². The molecule has 1 aromatic rings. The van der Waals surface area contributed by atoms with Gasteiger partial charge in [-0.2, -0.15) is 4.39 Å². The van der Waals surface area contributed by atoms with Crippen molar-refractivity contribution < 1.29 is 4.39 Å². The predicted octanol–water partition coefficient (Wildman–Crippen LogP) is 0.468. The third kappa shape index (κ3) is 1.49. The van der Waals surface area contributed by atoms with Crippen molar-refractivity contribution in [3.8, 4) is 0 Å². The van der Waals surface area contributed by atoms with E-state index in [2.05, 4.69) is 15.5 Å². The Labute approximate surface area is 58.0 Å². The molecule has 0 fully saturated rings. The van der Waals surface area contributed by atoms with Gasteiger partial charge in [0, 0.05) is 6.54 Å². The Morgan fingerprint density at radius 1 is 1.60 bits per heavy atom. The Morgan fingerprint density at radius 3 is 2.70 bits per heavy atom. The van der Waals surface area contributed by atoms with Gasteiger partial charge in [0.1, 0.15) is 0 Å². The molecule has 0 amide bonds. The van der Waals surface area contributed by atoms with Crippen molar-refractivity contribution in [3.05, 3.63) is 6.08 Å². The first-order valence-corrected chi connectivity index (χ1v) is 3.12. The first-order valence-electron chi connectivity index (χ1n) is 3.12. The van der Waals surface area contributed by atoms with E-state index >= 15 is 0 Å². The van der Waals surface area contributed by atoms with Crippen molar-refractivity contribution in [2.24, 2.45) is 5.92 Å². The molecule has 10 heavy (non-hydrogen) atoms. The first kappa shape index (κ1) is 7.11. The number of nitrogens with zero attached hydrogens (tertiary/aromatic N) is 4. The van der Waals surface area contributed by atoms with E-state index in [1.54, 1.807) is 0 Å². The van der Waals surface area contributed by atoms with E-state index in [9.17, 15) is 4.39 Å². The molecule has 0 bridgehead atoms. The molecule has 0 saturated carbocycles. The van der Waals surface area contributed by atoms with Gasteiger partial charge in [-0.3, -0.25) is 0 Å². The summed E-state index contributed by atoms with van der Waals surface area (Å²) in [6, 6.07) is 0. The van der Waals surface area contributed by atoms with Gasteiger partial charge in [0.05, 0.1) is 0 Å². The van der Waals surface area contributed by atoms with E-state index in [1.165, 1.54) is 0 Å². The maximum absolute atomic E-state index is 12.4. The fourth-order valence-electron chi connectivity index (χ4n) is 0.651. The molecular formula is C5H9FN4. The topological polar surface area (TPSA) is 43.6 Å². The predicted molar refractivity (Wildman–Crippen MR) is 32.6 cm³/mol. The summed E-state index contributed by atoms with van der Waals surface area (Å²) in [7, 11) is 0. The summed E-state index contributed by atoms with van der Waals surface area (Å²) in [5, 5.41) is 9.70. The van der Waals surface area contributed by atoms with Crippen LogP contribution in [0, 0.1) is 12.0 Å². The monoisotopic (exact) mass is 144 g/mol. The molecule has 0 saturated heterocycles. The lowest BCUT2D eigenvalue weighted by atomic mass is 10.2. The smallest absolute Gasteiger partial charge is 0.201 e. The minimum Gasteiger partial charge on any atom is -0.201 e. The average molecular weight is 144 g/mol. The highest BCUT2D eigenvalue weighted by Gasteiger charge is 2.04. The van der Waals surface area contributed by atoms with Crippen LogP contribution in [0.2, 0.25) is 0 Å². The summed E-state index contributed by atoms with van der Waals surface area (Å²) < 4.78 is 13.6. The third-order valence-electron chi connectivity index (χ3n) is 1.03. The molecule has 0 aliphatic rings. The molecule has 56 valence electrons. The van der Waals surface area contributed by atoms with Crippen molar-refractivity contribution in [1.82, 2.24) is 20.2 Å². The third-order valence-corrected chi connectivity index (χ3v) is 1.03. The summed E-state index contributed by atoms with van der Waals surface area (Å²) >= 11 is 0. The zero-order valence-corrected chi connectivity index (χ0v) is 5.95. The maximum Gasteiger partial charge on any atom is 0.327 e. The van der Waals surface area contributed by atoms with Gasteiger partial charge in [0.15, 0.2) is 0 Å². The second kappa shape index (κ2) is 2.72. The Bertz CT molecular complexity index is 207. The SMILES string of the molecule is CC(C)Cn1nnnc1F. The van der Waals surface area contributed by atoms with Gasteiger partial charge in [0.2, 0.25) is 0 Å². The van der Waals surface area contributed by atoms with Crippen LogP contribution in [0.1, 0.15) is 13.8 Å². The van der Waals surface area contributed by atoms with Crippen molar-refractivity contribution in [3.63, 3.8) is 0 Å². The van der Waals surface area contributed by atoms with Crippen molar-refractivity contribution in [1.29, 1.82) is 0 Å². The van der Waals surface area contributed by atoms with Crippen LogP contribution >= 0.6 is 0 Å². The number of halogens is 1. The fourth-order valence-corrected chi connectivity index (χ4v) is 0.651. The maximum atomic E-state index is 12.4. The molecule has 5 heteroatoms. The minimum absolute atomic E-state index is 0.359. The summed E-state index contributed by atoms with van der Waals surface area (Å²) in [4.78, 5) is 0. The second-order valence-electron chi connectivity index (χ2n) is 2.52. The number of rotatable bonds is 2. The molecule has 0 spiro atoms. The van der Waals surface area contributed by atoms with Crippen LogP contribution in [0.5, 0.6) is 0 Å². The average Bonchev–Trinajstić information content (AvgIpc) is 2.15. The van der Waals surface area contributed by atoms with Crippen LogP contribution < -0.4 is 0 Å². The molecule has 0 radical (unpaired) electrons. The summed E-state index contributed by atoms with van der Waals surface area (Å²) in [6.45, 7) is 4.47. The number of hydrogen-bond donors (Lipinski definition) is 0. The Kier molecular flexibility index (Phi) is 1.94. The molecule has 0 aliphatic carbocycles. The van der Waals surface area contributed by atoms with E-state index < -0.39 is 6.08 Å². The standard InChI is InChI=1S/C5H9FN4/c1-4(2)3-10-5(6)7-8-9-10/h4H,3H2,1-2H3. The van der Waals surface area contributed by atoms with Gasteiger partial charge in [-0.05, 0) is 16.3 Å². The number of tetrazole rings is 1. The lowest BCUT2D eigenvalue weighted by molar-refractivity contribution is 0.388. The fraction of sp³-hybridized carbons (Fsp3) is 0.800. The van der Waals surface area contributed by atoms with Gasteiger partial charge in [-0.15, -0.1) is 0 Å². The number of aromatic nitrogens is 4. The van der Waals surface area contributed by atoms with Gasteiger partial charge >= 0.3 is 6.08 Å². The molecule has 1 rings (SSSR count). The van der Waals surface area contributed by atoms with Crippen molar-refractivity contribution in [2.75, 3.05) is 0 Å². The Morgan fingerprint density at radius 2 is 2.30 bits per heavy atom. The van der Waals surface area contributed by atoms with Gasteiger partial charge in [0.25, 0.3) is 0 Å². The molecule has 4 nitrogen and oxygen atoms in total. The molecule has 0 aliphatic heterocycles. The van der Waals surface area contributed by atoms with E-state index in [0.29, 0.717) is 12.5 Å². The largest absolute Gasteiger partial charge is 0.327 e. The minimum atomic E-state index is -0.617. The summed E-state index contributed by atoms with van der Waals surface area (Å²) in [6.07, 6.45) is -0.617. The lowest BCUT2D eigenvalue weighted by Gasteiger charge is -2.01. The molecule has 1 heterocycles. The summed E-state index contributed by atoms with van der Waals surface area (Å²) in [5.41, 5.74) is 0. The molecular weight excluding hydrogens is 135 g/mol. The van der Waals surface area contributed by atoms with E-state index in [-0.39, 0.29) is 0 Å². The zero-order chi connectivity index (χ0) is 7.56. The Hall–Kier alpha value is -1.00. The second-order valence-corrected chi connectivity index (χ2v) is 2.52. The van der Waals surface area contributed by atoms with Crippen LogP contribution in [-0.4, -0.2) is 20.2 Å². The van der Waals surface area contributed by atoms with Crippen LogP contribution in [0.4, 0.5) is 4.39 Å².